The van der Waals surface area contributed by atoms with Gasteiger partial charge < -0.3 is 14.6 Å². The highest BCUT2D eigenvalue weighted by molar-refractivity contribution is 6.81. The van der Waals surface area contributed by atoms with Crippen LogP contribution < -0.4 is 0 Å². The molecule has 0 aromatic heterocycles. The number of carboxylic acid groups (broad SMARTS) is 2. The summed E-state index contributed by atoms with van der Waals surface area (Å²) in [5.74, 6) is -1.71. The van der Waals surface area contributed by atoms with Crippen LogP contribution in [0.5, 0.6) is 0 Å². The Balaban J connectivity index is 0. The molecule has 0 aliphatic heterocycles. The summed E-state index contributed by atoms with van der Waals surface area (Å²) in [6.45, 7) is 18.4. The first-order chi connectivity index (χ1) is 10.2. The lowest BCUT2D eigenvalue weighted by Gasteiger charge is -2.16. The molecular formula is C16H32O5Si2. The fourth-order valence-corrected chi connectivity index (χ4v) is 3.66. The van der Waals surface area contributed by atoms with E-state index in [9.17, 15) is 9.59 Å². The summed E-state index contributed by atoms with van der Waals surface area (Å²) in [6, 6.07) is 0. The molecule has 0 rings (SSSR count). The molecule has 5 nitrogen and oxygen atoms in total. The van der Waals surface area contributed by atoms with E-state index in [0.29, 0.717) is 18.6 Å². The van der Waals surface area contributed by atoms with Crippen LogP contribution in [-0.2, 0) is 14.0 Å². The first-order valence-electron chi connectivity index (χ1n) is 7.63. The van der Waals surface area contributed by atoms with Crippen LogP contribution in [0.25, 0.3) is 0 Å². The van der Waals surface area contributed by atoms with Crippen LogP contribution in [0.4, 0.5) is 0 Å². The summed E-state index contributed by atoms with van der Waals surface area (Å²) in [4.78, 5) is 20.7. The van der Waals surface area contributed by atoms with Crippen molar-refractivity contribution in [2.45, 2.75) is 59.0 Å². The smallest absolute Gasteiger partial charge is 0.330 e. The molecule has 0 unspecified atom stereocenters. The quantitative estimate of drug-likeness (QED) is 0.386. The van der Waals surface area contributed by atoms with Crippen LogP contribution in [0.2, 0.25) is 39.3 Å². The molecule has 0 amide bonds. The normalized spacial score (nSPS) is 12.2. The summed E-state index contributed by atoms with van der Waals surface area (Å²) in [7, 11) is -2.76. The van der Waals surface area contributed by atoms with Gasteiger partial charge in [0.05, 0.1) is 8.07 Å². The average Bonchev–Trinajstić information content (AvgIpc) is 2.31. The van der Waals surface area contributed by atoms with Gasteiger partial charge in [-0.05, 0) is 39.4 Å². The van der Waals surface area contributed by atoms with E-state index in [1.54, 1.807) is 6.92 Å². The molecule has 134 valence electrons. The fourth-order valence-electron chi connectivity index (χ4n) is 1.48. The Morgan fingerprint density at radius 2 is 1.52 bits per heavy atom. The van der Waals surface area contributed by atoms with Crippen molar-refractivity contribution in [2.75, 3.05) is 6.61 Å². The largest absolute Gasteiger partial charge is 0.478 e. The van der Waals surface area contributed by atoms with Crippen molar-refractivity contribution in [3.8, 4) is 0 Å². The molecule has 0 aliphatic carbocycles. The lowest BCUT2D eigenvalue weighted by molar-refractivity contribution is -0.133. The Morgan fingerprint density at radius 1 is 1.04 bits per heavy atom. The van der Waals surface area contributed by atoms with E-state index < -0.39 is 28.3 Å². The van der Waals surface area contributed by atoms with Gasteiger partial charge >= 0.3 is 11.9 Å². The second kappa shape index (κ2) is 10.6. The molecule has 0 heterocycles. The lowest BCUT2D eigenvalue weighted by atomic mass is 10.2. The predicted molar refractivity (Wildman–Crippen MR) is 100 cm³/mol. The van der Waals surface area contributed by atoms with Crippen molar-refractivity contribution in [1.29, 1.82) is 0 Å². The summed E-state index contributed by atoms with van der Waals surface area (Å²) in [6.07, 6.45) is 1.26. The first-order valence-corrected chi connectivity index (χ1v) is 14.6. The second-order valence-corrected chi connectivity index (χ2v) is 17.0. The summed E-state index contributed by atoms with van der Waals surface area (Å²) < 4.78 is 5.56. The Labute approximate surface area is 142 Å². The molecule has 0 fully saturated rings. The second-order valence-electron chi connectivity index (χ2n) is 7.47. The number of hydrogen-bond acceptors (Lipinski definition) is 3. The summed E-state index contributed by atoms with van der Waals surface area (Å²) in [5.41, 5.74) is 2.62. The van der Waals surface area contributed by atoms with Crippen LogP contribution in [-0.4, -0.2) is 45.1 Å². The van der Waals surface area contributed by atoms with Crippen LogP contribution in [0.3, 0.4) is 0 Å². The van der Waals surface area contributed by atoms with Crippen LogP contribution >= 0.6 is 0 Å². The van der Waals surface area contributed by atoms with Crippen molar-refractivity contribution in [3.05, 3.63) is 23.4 Å². The van der Waals surface area contributed by atoms with E-state index in [-0.39, 0.29) is 5.57 Å². The monoisotopic (exact) mass is 360 g/mol. The van der Waals surface area contributed by atoms with Crippen LogP contribution in [0, 0.1) is 0 Å². The Morgan fingerprint density at radius 3 is 1.78 bits per heavy atom. The number of hydrogen-bond donors (Lipinski definition) is 2. The van der Waals surface area contributed by atoms with Gasteiger partial charge in [-0.25, -0.2) is 9.59 Å². The van der Waals surface area contributed by atoms with Crippen LogP contribution in [0.15, 0.2) is 23.4 Å². The SMILES string of the molecule is C=C(CCCO[Si](C)(C)C)C(=O)O.CC(=C[Si](C)(C)C)C(=O)O. The standard InChI is InChI=1S/C9H18O3Si.C7H14O2Si/c1-8(9(10)11)6-5-7-12-13(2,3)4;1-6(7(8)9)5-10(2,3)4/h1,5-7H2,2-4H3,(H,10,11);5H,1-4H3,(H,8,9). The van der Waals surface area contributed by atoms with E-state index >= 15 is 0 Å². The third kappa shape index (κ3) is 18.8. The van der Waals surface area contributed by atoms with Crippen LogP contribution in [0.1, 0.15) is 19.8 Å². The molecule has 2 N–H and O–H groups in total. The summed E-state index contributed by atoms with van der Waals surface area (Å²) in [5, 5.41) is 17.0. The van der Waals surface area contributed by atoms with Gasteiger partial charge in [0.2, 0.25) is 0 Å². The zero-order valence-corrected chi connectivity index (χ0v) is 17.5. The topological polar surface area (TPSA) is 83.8 Å². The number of carboxylic acids is 2. The molecule has 0 radical (unpaired) electrons. The van der Waals surface area contributed by atoms with Crippen molar-refractivity contribution in [2.24, 2.45) is 0 Å². The van der Waals surface area contributed by atoms with Gasteiger partial charge in [-0.2, -0.15) is 0 Å². The Bertz CT molecular complexity index is 442. The average molecular weight is 361 g/mol. The highest BCUT2D eigenvalue weighted by Crippen LogP contribution is 2.07. The molecule has 0 spiro atoms. The van der Waals surface area contributed by atoms with E-state index in [4.69, 9.17) is 14.6 Å². The summed E-state index contributed by atoms with van der Waals surface area (Å²) >= 11 is 0. The highest BCUT2D eigenvalue weighted by Gasteiger charge is 2.13. The minimum Gasteiger partial charge on any atom is -0.478 e. The van der Waals surface area contributed by atoms with Gasteiger partial charge in [-0.1, -0.05) is 31.9 Å². The van der Waals surface area contributed by atoms with Crippen molar-refractivity contribution < 1.29 is 24.2 Å². The van der Waals surface area contributed by atoms with Crippen molar-refractivity contribution >= 4 is 28.3 Å². The van der Waals surface area contributed by atoms with Gasteiger partial charge in [-0.3, -0.25) is 0 Å². The number of carbonyl (C=O) groups is 2. The molecule has 7 heteroatoms. The maximum absolute atomic E-state index is 10.4. The Hall–Kier alpha value is -1.19. The van der Waals surface area contributed by atoms with E-state index in [1.807, 2.05) is 5.70 Å². The molecular weight excluding hydrogens is 328 g/mol. The molecule has 0 saturated heterocycles. The molecule has 23 heavy (non-hydrogen) atoms. The fraction of sp³-hybridized carbons (Fsp3) is 0.625. The van der Waals surface area contributed by atoms with Gasteiger partial charge in [0.25, 0.3) is 0 Å². The zero-order chi connectivity index (χ0) is 18.8. The zero-order valence-electron chi connectivity index (χ0n) is 15.5. The first kappa shape index (κ1) is 24.1. The third-order valence-corrected chi connectivity index (χ3v) is 4.82. The van der Waals surface area contributed by atoms with Gasteiger partial charge in [-0.15, -0.1) is 0 Å². The molecule has 0 aliphatic rings. The minimum atomic E-state index is -1.43. The third-order valence-electron chi connectivity index (χ3n) is 2.45. The predicted octanol–water partition coefficient (Wildman–Crippen LogP) is 4.15. The maximum Gasteiger partial charge on any atom is 0.330 e. The van der Waals surface area contributed by atoms with Gasteiger partial charge in [0.1, 0.15) is 0 Å². The van der Waals surface area contributed by atoms with Gasteiger partial charge in [0.15, 0.2) is 8.32 Å². The molecule has 0 aromatic rings. The van der Waals surface area contributed by atoms with Gasteiger partial charge in [0, 0.05) is 17.8 Å². The van der Waals surface area contributed by atoms with E-state index in [2.05, 4.69) is 45.9 Å². The van der Waals surface area contributed by atoms with Crippen molar-refractivity contribution in [3.63, 3.8) is 0 Å². The minimum absolute atomic E-state index is 0.263. The molecule has 0 atom stereocenters. The maximum atomic E-state index is 10.4. The highest BCUT2D eigenvalue weighted by atomic mass is 28.4. The number of aliphatic carboxylic acids is 2. The van der Waals surface area contributed by atoms with E-state index in [0.717, 1.165) is 6.42 Å². The van der Waals surface area contributed by atoms with Crippen molar-refractivity contribution in [1.82, 2.24) is 0 Å². The lowest BCUT2D eigenvalue weighted by Crippen LogP contribution is -2.25. The van der Waals surface area contributed by atoms with E-state index in [1.165, 1.54) is 0 Å². The molecule has 0 saturated carbocycles. The molecule has 0 aromatic carbocycles. The number of rotatable bonds is 8. The molecule has 0 bridgehead atoms. The Kier molecular flexibility index (Phi) is 11.1.